The molecule has 0 radical (unpaired) electrons. The van der Waals surface area contributed by atoms with E-state index >= 15 is 0 Å². The van der Waals surface area contributed by atoms with E-state index in [4.69, 9.17) is 10.1 Å². The molecule has 0 saturated carbocycles. The minimum atomic E-state index is -0.911. The Morgan fingerprint density at radius 3 is 2.50 bits per heavy atom. The van der Waals surface area contributed by atoms with Gasteiger partial charge >= 0.3 is 5.97 Å². The first kappa shape index (κ1) is 14.1. The van der Waals surface area contributed by atoms with Crippen molar-refractivity contribution in [2.75, 3.05) is 13.2 Å². The Bertz CT molecular complexity index is 428. The molecule has 0 fully saturated rings. The number of nitrogens with one attached hydrogen (secondary N) is 1. The van der Waals surface area contributed by atoms with Crippen molar-refractivity contribution in [3.05, 3.63) is 35.9 Å². The van der Waals surface area contributed by atoms with Crippen molar-refractivity contribution in [1.82, 2.24) is 0 Å². The molecular formula is C13H15NO4. The van der Waals surface area contributed by atoms with Gasteiger partial charge in [0.05, 0.1) is 13.2 Å². The third-order valence-corrected chi connectivity index (χ3v) is 2.10. The maximum absolute atomic E-state index is 11.4. The van der Waals surface area contributed by atoms with E-state index in [0.717, 1.165) is 5.56 Å². The Balaban J connectivity index is 2.33. The minimum absolute atomic E-state index is 0.138. The lowest BCUT2D eigenvalue weighted by Gasteiger charge is -2.04. The second-order valence-corrected chi connectivity index (χ2v) is 3.50. The molecule has 0 spiro atoms. The second-order valence-electron chi connectivity index (χ2n) is 3.50. The molecule has 5 nitrogen and oxygen atoms in total. The number of ketones is 1. The SMILES string of the molecule is CCOC(=O)C(=N)C(=O)COCc1ccccc1. The summed E-state index contributed by atoms with van der Waals surface area (Å²) in [6.07, 6.45) is 0. The summed E-state index contributed by atoms with van der Waals surface area (Å²) in [7, 11) is 0. The molecule has 1 aromatic rings. The molecular weight excluding hydrogens is 234 g/mol. The summed E-state index contributed by atoms with van der Waals surface area (Å²) >= 11 is 0. The van der Waals surface area contributed by atoms with Gasteiger partial charge in [0.25, 0.3) is 0 Å². The third kappa shape index (κ3) is 4.47. The average Bonchev–Trinajstić information content (AvgIpc) is 2.39. The van der Waals surface area contributed by atoms with E-state index < -0.39 is 17.5 Å². The molecule has 0 atom stereocenters. The van der Waals surface area contributed by atoms with Gasteiger partial charge < -0.3 is 9.47 Å². The van der Waals surface area contributed by atoms with Gasteiger partial charge in [0.2, 0.25) is 5.78 Å². The highest BCUT2D eigenvalue weighted by Crippen LogP contribution is 2.00. The van der Waals surface area contributed by atoms with Gasteiger partial charge in [0.15, 0.2) is 5.71 Å². The molecule has 0 amide bonds. The average molecular weight is 249 g/mol. The van der Waals surface area contributed by atoms with Crippen LogP contribution in [0.5, 0.6) is 0 Å². The number of hydrogen-bond donors (Lipinski definition) is 1. The summed E-state index contributed by atoms with van der Waals surface area (Å²) in [5.74, 6) is -1.59. The van der Waals surface area contributed by atoms with Crippen molar-refractivity contribution in [3.63, 3.8) is 0 Å². The second kappa shape index (κ2) is 7.34. The van der Waals surface area contributed by atoms with Crippen molar-refractivity contribution >= 4 is 17.5 Å². The lowest BCUT2D eigenvalue weighted by atomic mass is 10.2. The predicted octanol–water partition coefficient (Wildman–Crippen LogP) is 1.36. The highest BCUT2D eigenvalue weighted by atomic mass is 16.5. The lowest BCUT2D eigenvalue weighted by Crippen LogP contribution is -2.28. The number of rotatable bonds is 7. The van der Waals surface area contributed by atoms with E-state index in [0.29, 0.717) is 0 Å². The first-order valence-electron chi connectivity index (χ1n) is 5.55. The maximum Gasteiger partial charge on any atom is 0.360 e. The van der Waals surface area contributed by atoms with Crippen LogP contribution in [0.15, 0.2) is 30.3 Å². The van der Waals surface area contributed by atoms with Crippen LogP contribution in [0.25, 0.3) is 0 Å². The van der Waals surface area contributed by atoms with Crippen molar-refractivity contribution in [2.24, 2.45) is 0 Å². The molecule has 0 heterocycles. The largest absolute Gasteiger partial charge is 0.461 e. The summed E-state index contributed by atoms with van der Waals surface area (Å²) in [6, 6.07) is 9.33. The van der Waals surface area contributed by atoms with Crippen LogP contribution in [0, 0.1) is 5.41 Å². The van der Waals surface area contributed by atoms with Gasteiger partial charge in [-0.05, 0) is 12.5 Å². The molecule has 18 heavy (non-hydrogen) atoms. The van der Waals surface area contributed by atoms with E-state index in [1.807, 2.05) is 30.3 Å². The highest BCUT2D eigenvalue weighted by molar-refractivity contribution is 6.63. The van der Waals surface area contributed by atoms with Crippen LogP contribution in [0.2, 0.25) is 0 Å². The molecule has 0 saturated heterocycles. The summed E-state index contributed by atoms with van der Waals surface area (Å²) in [5.41, 5.74) is 0.248. The molecule has 1 aromatic carbocycles. The van der Waals surface area contributed by atoms with Crippen LogP contribution in [0.3, 0.4) is 0 Å². The van der Waals surface area contributed by atoms with Crippen molar-refractivity contribution in [2.45, 2.75) is 13.5 Å². The molecule has 0 aliphatic carbocycles. The number of benzene rings is 1. The Labute approximate surface area is 105 Å². The molecule has 0 bridgehead atoms. The van der Waals surface area contributed by atoms with Crippen LogP contribution in [-0.4, -0.2) is 30.7 Å². The van der Waals surface area contributed by atoms with Crippen LogP contribution in [-0.2, 0) is 25.7 Å². The molecule has 96 valence electrons. The highest BCUT2D eigenvalue weighted by Gasteiger charge is 2.19. The monoisotopic (exact) mass is 249 g/mol. The van der Waals surface area contributed by atoms with Crippen molar-refractivity contribution in [1.29, 1.82) is 5.41 Å². The van der Waals surface area contributed by atoms with E-state index in [9.17, 15) is 9.59 Å². The first-order valence-corrected chi connectivity index (χ1v) is 5.55. The number of carbonyl (C=O) groups is 2. The molecule has 1 N–H and O–H groups in total. The zero-order valence-corrected chi connectivity index (χ0v) is 10.1. The quantitative estimate of drug-likeness (QED) is 0.449. The maximum atomic E-state index is 11.4. The zero-order valence-electron chi connectivity index (χ0n) is 10.1. The van der Waals surface area contributed by atoms with Crippen molar-refractivity contribution in [3.8, 4) is 0 Å². The standard InChI is InChI=1S/C13H15NO4/c1-2-18-13(16)12(14)11(15)9-17-8-10-6-4-3-5-7-10/h3-7,14H,2,8-9H2,1H3. The smallest absolute Gasteiger partial charge is 0.360 e. The van der Waals surface area contributed by atoms with Crippen LogP contribution in [0.1, 0.15) is 12.5 Å². The van der Waals surface area contributed by atoms with Crippen LogP contribution < -0.4 is 0 Å². The summed E-state index contributed by atoms with van der Waals surface area (Å²) in [6.45, 7) is 1.72. The number of hydrogen-bond acceptors (Lipinski definition) is 5. The topological polar surface area (TPSA) is 76.5 Å². The van der Waals surface area contributed by atoms with Crippen molar-refractivity contribution < 1.29 is 19.1 Å². The van der Waals surface area contributed by atoms with Crippen LogP contribution >= 0.6 is 0 Å². The summed E-state index contributed by atoms with van der Waals surface area (Å²) in [4.78, 5) is 22.5. The molecule has 1 rings (SSSR count). The van der Waals surface area contributed by atoms with E-state index in [1.165, 1.54) is 0 Å². The van der Waals surface area contributed by atoms with Gasteiger partial charge in [0, 0.05) is 0 Å². The van der Waals surface area contributed by atoms with Gasteiger partial charge in [-0.2, -0.15) is 0 Å². The molecule has 0 unspecified atom stereocenters. The van der Waals surface area contributed by atoms with Gasteiger partial charge in [-0.25, -0.2) is 4.79 Å². The predicted molar refractivity (Wildman–Crippen MR) is 65.5 cm³/mol. The Morgan fingerprint density at radius 2 is 1.89 bits per heavy atom. The van der Waals surface area contributed by atoms with E-state index in [-0.39, 0.29) is 19.8 Å². The first-order chi connectivity index (χ1) is 8.65. The third-order valence-electron chi connectivity index (χ3n) is 2.10. The van der Waals surface area contributed by atoms with E-state index in [1.54, 1.807) is 6.92 Å². The normalized spacial score (nSPS) is 9.83. The molecule has 0 aliphatic heterocycles. The fourth-order valence-electron chi connectivity index (χ4n) is 1.23. The number of Topliss-reactive ketones (excluding diaryl/α,β-unsaturated/α-hetero) is 1. The fraction of sp³-hybridized carbons (Fsp3) is 0.308. The number of esters is 1. The fourth-order valence-corrected chi connectivity index (χ4v) is 1.23. The van der Waals surface area contributed by atoms with Gasteiger partial charge in [-0.1, -0.05) is 30.3 Å². The van der Waals surface area contributed by atoms with Crippen LogP contribution in [0.4, 0.5) is 0 Å². The lowest BCUT2D eigenvalue weighted by molar-refractivity contribution is -0.136. The Kier molecular flexibility index (Phi) is 5.73. The summed E-state index contributed by atoms with van der Waals surface area (Å²) < 4.78 is 9.68. The number of carbonyl (C=O) groups excluding carboxylic acids is 2. The van der Waals surface area contributed by atoms with Gasteiger partial charge in [-0.15, -0.1) is 0 Å². The number of ether oxygens (including phenoxy) is 2. The Hall–Kier alpha value is -2.01. The van der Waals surface area contributed by atoms with E-state index in [2.05, 4.69) is 4.74 Å². The summed E-state index contributed by atoms with van der Waals surface area (Å²) in [5, 5.41) is 7.28. The molecule has 5 heteroatoms. The molecule has 0 aliphatic rings. The minimum Gasteiger partial charge on any atom is -0.461 e. The van der Waals surface area contributed by atoms with Gasteiger partial charge in [-0.3, -0.25) is 10.2 Å². The van der Waals surface area contributed by atoms with Gasteiger partial charge in [0.1, 0.15) is 6.61 Å². The molecule has 0 aromatic heterocycles. The Morgan fingerprint density at radius 1 is 1.22 bits per heavy atom. The zero-order chi connectivity index (χ0) is 13.4.